The van der Waals surface area contributed by atoms with Crippen LogP contribution in [0, 0.1) is 0 Å². The second-order valence-electron chi connectivity index (χ2n) is 5.60. The van der Waals surface area contributed by atoms with Gasteiger partial charge in [-0.25, -0.2) is 0 Å². The van der Waals surface area contributed by atoms with Gasteiger partial charge >= 0.3 is 0 Å². The van der Waals surface area contributed by atoms with Crippen molar-refractivity contribution in [2.45, 2.75) is 32.2 Å². The maximum absolute atomic E-state index is 5.50. The van der Waals surface area contributed by atoms with Gasteiger partial charge in [0.1, 0.15) is 11.4 Å². The van der Waals surface area contributed by atoms with Gasteiger partial charge in [-0.15, -0.1) is 12.4 Å². The molecule has 0 radical (unpaired) electrons. The third-order valence-corrected chi connectivity index (χ3v) is 4.02. The molecule has 0 aliphatic carbocycles. The predicted molar refractivity (Wildman–Crippen MR) is 89.5 cm³/mol. The Bertz CT molecular complexity index is 560. The van der Waals surface area contributed by atoms with Crippen molar-refractivity contribution in [2.75, 3.05) is 20.2 Å². The quantitative estimate of drug-likeness (QED) is 0.847. The van der Waals surface area contributed by atoms with Crippen LogP contribution in [-0.4, -0.2) is 30.3 Å². The molecule has 0 atom stereocenters. The smallest absolute Gasteiger partial charge is 0.151 e. The fraction of sp³-hybridized carbons (Fsp3) is 0.471. The van der Waals surface area contributed by atoms with Crippen LogP contribution in [0.25, 0.3) is 11.3 Å². The molecular weight excluding hydrogens is 300 g/mol. The monoisotopic (exact) mass is 322 g/mol. The molecule has 2 heterocycles. The van der Waals surface area contributed by atoms with Crippen molar-refractivity contribution in [3.8, 4) is 17.0 Å². The molecule has 0 unspecified atom stereocenters. The van der Waals surface area contributed by atoms with Crippen LogP contribution in [-0.2, 0) is 6.54 Å². The van der Waals surface area contributed by atoms with Gasteiger partial charge in [0.25, 0.3) is 0 Å². The van der Waals surface area contributed by atoms with E-state index in [1.54, 1.807) is 7.11 Å². The highest BCUT2D eigenvalue weighted by Crippen LogP contribution is 2.23. The molecule has 0 amide bonds. The summed E-state index contributed by atoms with van der Waals surface area (Å²) in [5.74, 6) is 1.80. The van der Waals surface area contributed by atoms with E-state index >= 15 is 0 Å². The van der Waals surface area contributed by atoms with Gasteiger partial charge in [-0.2, -0.15) is 0 Å². The fourth-order valence-corrected chi connectivity index (χ4v) is 2.80. The lowest BCUT2D eigenvalue weighted by atomic mass is 10.1. The predicted octanol–water partition coefficient (Wildman–Crippen LogP) is 4.15. The van der Waals surface area contributed by atoms with E-state index in [4.69, 9.17) is 9.26 Å². The van der Waals surface area contributed by atoms with Crippen LogP contribution in [0.2, 0.25) is 0 Å². The van der Waals surface area contributed by atoms with Crippen LogP contribution in [0.3, 0.4) is 0 Å². The lowest BCUT2D eigenvalue weighted by Gasteiger charge is -2.17. The molecule has 1 aliphatic rings. The number of ether oxygens (including phenoxy) is 1. The normalized spacial score (nSPS) is 15.9. The number of nitrogens with zero attached hydrogens (tertiary/aromatic N) is 2. The zero-order valence-electron chi connectivity index (χ0n) is 13.0. The highest BCUT2D eigenvalue weighted by Gasteiger charge is 2.13. The second kappa shape index (κ2) is 8.20. The van der Waals surface area contributed by atoms with Gasteiger partial charge in [-0.1, -0.05) is 18.0 Å². The number of aromatic nitrogens is 1. The summed E-state index contributed by atoms with van der Waals surface area (Å²) < 4.78 is 10.7. The number of methoxy groups -OCH3 is 1. The van der Waals surface area contributed by atoms with Gasteiger partial charge in [0.15, 0.2) is 5.76 Å². The van der Waals surface area contributed by atoms with Crippen molar-refractivity contribution < 1.29 is 9.26 Å². The summed E-state index contributed by atoms with van der Waals surface area (Å²) in [5, 5.41) is 4.19. The number of likely N-dealkylation sites (tertiary alicyclic amines) is 1. The first kappa shape index (κ1) is 16.8. The minimum atomic E-state index is 0. The summed E-state index contributed by atoms with van der Waals surface area (Å²) in [4.78, 5) is 2.46. The Balaban J connectivity index is 0.00000176. The lowest BCUT2D eigenvalue weighted by Crippen LogP contribution is -2.23. The first-order valence-electron chi connectivity index (χ1n) is 7.67. The molecule has 1 fully saturated rings. The van der Waals surface area contributed by atoms with E-state index in [9.17, 15) is 0 Å². The van der Waals surface area contributed by atoms with Gasteiger partial charge in [-0.3, -0.25) is 4.90 Å². The van der Waals surface area contributed by atoms with Crippen molar-refractivity contribution in [1.29, 1.82) is 0 Å². The minimum absolute atomic E-state index is 0. The molecule has 3 rings (SSSR count). The molecule has 5 heteroatoms. The molecular formula is C17H23ClN2O2. The number of rotatable bonds is 4. The zero-order chi connectivity index (χ0) is 14.5. The third kappa shape index (κ3) is 4.24. The van der Waals surface area contributed by atoms with Crippen LogP contribution in [0.15, 0.2) is 34.9 Å². The van der Waals surface area contributed by atoms with Crippen molar-refractivity contribution in [3.05, 3.63) is 36.1 Å². The van der Waals surface area contributed by atoms with E-state index in [1.807, 2.05) is 30.3 Å². The Morgan fingerprint density at radius 1 is 1.09 bits per heavy atom. The van der Waals surface area contributed by atoms with E-state index < -0.39 is 0 Å². The molecule has 1 aromatic carbocycles. The fourth-order valence-electron chi connectivity index (χ4n) is 2.80. The van der Waals surface area contributed by atoms with Crippen LogP contribution in [0.5, 0.6) is 5.75 Å². The molecule has 0 spiro atoms. The number of halogens is 1. The second-order valence-corrected chi connectivity index (χ2v) is 5.60. The number of hydrogen-bond donors (Lipinski definition) is 0. The largest absolute Gasteiger partial charge is 0.497 e. The van der Waals surface area contributed by atoms with Gasteiger partial charge < -0.3 is 9.26 Å². The highest BCUT2D eigenvalue weighted by atomic mass is 35.5. The molecule has 4 nitrogen and oxygen atoms in total. The molecule has 22 heavy (non-hydrogen) atoms. The van der Waals surface area contributed by atoms with Crippen LogP contribution >= 0.6 is 12.4 Å². The molecule has 120 valence electrons. The average Bonchev–Trinajstić information content (AvgIpc) is 2.83. The summed E-state index contributed by atoms with van der Waals surface area (Å²) in [6.45, 7) is 3.19. The molecule has 2 aromatic rings. The topological polar surface area (TPSA) is 38.5 Å². The SMILES string of the molecule is COc1ccc(-c2cc(CN3CCCCCC3)on2)cc1.Cl. The Kier molecular flexibility index (Phi) is 6.28. The molecule has 1 saturated heterocycles. The first-order valence-corrected chi connectivity index (χ1v) is 7.67. The van der Waals surface area contributed by atoms with Gasteiger partial charge in [0.2, 0.25) is 0 Å². The van der Waals surface area contributed by atoms with Crippen molar-refractivity contribution in [1.82, 2.24) is 10.1 Å². The van der Waals surface area contributed by atoms with Crippen molar-refractivity contribution in [3.63, 3.8) is 0 Å². The van der Waals surface area contributed by atoms with Gasteiger partial charge in [0.05, 0.1) is 13.7 Å². The zero-order valence-corrected chi connectivity index (χ0v) is 13.8. The average molecular weight is 323 g/mol. The first-order chi connectivity index (χ1) is 10.3. The standard InChI is InChI=1S/C17H22N2O2.ClH/c1-20-15-8-6-14(7-9-15)17-12-16(21-18-17)13-19-10-4-2-3-5-11-19;/h6-9,12H,2-5,10-11,13H2,1H3;1H. The van der Waals surface area contributed by atoms with Gasteiger partial charge in [0, 0.05) is 11.6 Å². The maximum Gasteiger partial charge on any atom is 0.151 e. The maximum atomic E-state index is 5.50. The third-order valence-electron chi connectivity index (χ3n) is 4.02. The molecule has 1 aliphatic heterocycles. The summed E-state index contributed by atoms with van der Waals surface area (Å²) in [6.07, 6.45) is 5.28. The molecule has 0 bridgehead atoms. The Hall–Kier alpha value is -1.52. The molecule has 1 aromatic heterocycles. The van der Waals surface area contributed by atoms with E-state index in [0.29, 0.717) is 0 Å². The summed E-state index contributed by atoms with van der Waals surface area (Å²) >= 11 is 0. The van der Waals surface area contributed by atoms with E-state index in [2.05, 4.69) is 10.1 Å². The van der Waals surface area contributed by atoms with E-state index in [-0.39, 0.29) is 12.4 Å². The van der Waals surface area contributed by atoms with Crippen LogP contribution in [0.4, 0.5) is 0 Å². The van der Waals surface area contributed by atoms with Gasteiger partial charge in [-0.05, 0) is 50.2 Å². The summed E-state index contributed by atoms with van der Waals surface area (Å²) in [5.41, 5.74) is 1.95. The highest BCUT2D eigenvalue weighted by molar-refractivity contribution is 5.85. The van der Waals surface area contributed by atoms with Crippen LogP contribution in [0.1, 0.15) is 31.4 Å². The molecule has 0 saturated carbocycles. The lowest BCUT2D eigenvalue weighted by molar-refractivity contribution is 0.239. The molecule has 0 N–H and O–H groups in total. The van der Waals surface area contributed by atoms with Crippen molar-refractivity contribution in [2.24, 2.45) is 0 Å². The Labute approximate surface area is 137 Å². The Morgan fingerprint density at radius 3 is 2.41 bits per heavy atom. The van der Waals surface area contributed by atoms with E-state index in [1.165, 1.54) is 38.8 Å². The number of hydrogen-bond acceptors (Lipinski definition) is 4. The Morgan fingerprint density at radius 2 is 1.77 bits per heavy atom. The van der Waals surface area contributed by atoms with Crippen LogP contribution < -0.4 is 4.74 Å². The minimum Gasteiger partial charge on any atom is -0.497 e. The number of benzene rings is 1. The van der Waals surface area contributed by atoms with E-state index in [0.717, 1.165) is 29.3 Å². The van der Waals surface area contributed by atoms with Crippen molar-refractivity contribution >= 4 is 12.4 Å². The summed E-state index contributed by atoms with van der Waals surface area (Å²) in [7, 11) is 1.67. The summed E-state index contributed by atoms with van der Waals surface area (Å²) in [6, 6.07) is 9.95.